The van der Waals surface area contributed by atoms with Gasteiger partial charge in [-0.25, -0.2) is 0 Å². The Bertz CT molecular complexity index is 789. The molecule has 2 aliphatic heterocycles. The number of carbonyl (C=O) groups excluding carboxylic acids is 2. The molecule has 2 heterocycles. The number of piperazine rings is 1. The van der Waals surface area contributed by atoms with E-state index in [1.165, 1.54) is 4.90 Å². The minimum absolute atomic E-state index is 0.108. The summed E-state index contributed by atoms with van der Waals surface area (Å²) in [7, 11) is 0. The molecule has 1 fully saturated rings. The average molecular weight is 426 g/mol. The Hall–Kier alpha value is -1.60. The van der Waals surface area contributed by atoms with Crippen LogP contribution in [0, 0.1) is 0 Å². The fourth-order valence-corrected chi connectivity index (χ4v) is 4.15. The lowest BCUT2D eigenvalue weighted by molar-refractivity contribution is -0.137. The van der Waals surface area contributed by atoms with E-state index in [2.05, 4.69) is 4.90 Å². The van der Waals surface area contributed by atoms with Crippen molar-refractivity contribution in [1.82, 2.24) is 14.7 Å². The SMILES string of the molecule is CCCCN1C(=O)C(c2ccc(Cl)cc2Cl)=C(N2CCN(CCO)CC2)C1=O. The Morgan fingerprint density at radius 3 is 2.36 bits per heavy atom. The van der Waals surface area contributed by atoms with Crippen LogP contribution in [0.3, 0.4) is 0 Å². The number of β-amino-alcohol motifs (C(OH)–C–C–N with tert-alkyl or cyclic N) is 1. The summed E-state index contributed by atoms with van der Waals surface area (Å²) in [5.41, 5.74) is 1.32. The smallest absolute Gasteiger partial charge is 0.277 e. The number of rotatable bonds is 7. The van der Waals surface area contributed by atoms with Gasteiger partial charge in [0.25, 0.3) is 11.8 Å². The maximum absolute atomic E-state index is 13.2. The summed E-state index contributed by atoms with van der Waals surface area (Å²) in [5.74, 6) is -0.550. The summed E-state index contributed by atoms with van der Waals surface area (Å²) in [4.78, 5) is 31.8. The number of amides is 2. The van der Waals surface area contributed by atoms with Gasteiger partial charge in [0, 0.05) is 49.9 Å². The molecule has 0 aromatic heterocycles. The highest BCUT2D eigenvalue weighted by atomic mass is 35.5. The zero-order chi connectivity index (χ0) is 20.3. The molecule has 0 saturated carbocycles. The van der Waals surface area contributed by atoms with E-state index in [9.17, 15) is 9.59 Å². The van der Waals surface area contributed by atoms with Gasteiger partial charge in [0.05, 0.1) is 17.2 Å². The molecule has 1 aromatic carbocycles. The molecule has 152 valence electrons. The van der Waals surface area contributed by atoms with E-state index in [1.807, 2.05) is 11.8 Å². The number of hydrogen-bond donors (Lipinski definition) is 1. The van der Waals surface area contributed by atoms with E-state index in [0.29, 0.717) is 53.1 Å². The number of hydrogen-bond acceptors (Lipinski definition) is 5. The molecule has 0 unspecified atom stereocenters. The number of nitrogens with zero attached hydrogens (tertiary/aromatic N) is 3. The van der Waals surface area contributed by atoms with Gasteiger partial charge in [-0.3, -0.25) is 19.4 Å². The first-order valence-electron chi connectivity index (χ1n) is 9.62. The number of carbonyl (C=O) groups is 2. The van der Waals surface area contributed by atoms with Crippen LogP contribution in [0.1, 0.15) is 25.3 Å². The van der Waals surface area contributed by atoms with Gasteiger partial charge in [-0.1, -0.05) is 42.6 Å². The van der Waals surface area contributed by atoms with Crippen LogP contribution in [0.25, 0.3) is 5.57 Å². The zero-order valence-corrected chi connectivity index (χ0v) is 17.5. The number of aliphatic hydroxyl groups excluding tert-OH is 1. The number of halogens is 2. The third kappa shape index (κ3) is 4.20. The van der Waals surface area contributed by atoms with Crippen LogP contribution in [-0.4, -0.2) is 77.5 Å². The molecule has 28 heavy (non-hydrogen) atoms. The van der Waals surface area contributed by atoms with E-state index in [4.69, 9.17) is 28.3 Å². The van der Waals surface area contributed by atoms with Crippen LogP contribution >= 0.6 is 23.2 Å². The first-order chi connectivity index (χ1) is 13.5. The highest BCUT2D eigenvalue weighted by Gasteiger charge is 2.42. The van der Waals surface area contributed by atoms with Gasteiger partial charge in [-0.15, -0.1) is 0 Å². The van der Waals surface area contributed by atoms with Crippen molar-refractivity contribution in [3.05, 3.63) is 39.5 Å². The Balaban J connectivity index is 1.98. The molecule has 0 spiro atoms. The zero-order valence-electron chi connectivity index (χ0n) is 16.0. The third-order valence-corrected chi connectivity index (χ3v) is 5.73. The topological polar surface area (TPSA) is 64.1 Å². The van der Waals surface area contributed by atoms with E-state index in [-0.39, 0.29) is 18.4 Å². The molecule has 2 aliphatic rings. The predicted molar refractivity (Wildman–Crippen MR) is 110 cm³/mol. The summed E-state index contributed by atoms with van der Waals surface area (Å²) in [6, 6.07) is 4.98. The maximum Gasteiger partial charge on any atom is 0.277 e. The minimum Gasteiger partial charge on any atom is -0.395 e. The van der Waals surface area contributed by atoms with Crippen LogP contribution in [-0.2, 0) is 9.59 Å². The Morgan fingerprint density at radius 2 is 1.75 bits per heavy atom. The molecule has 0 atom stereocenters. The van der Waals surface area contributed by atoms with E-state index in [1.54, 1.807) is 18.2 Å². The Labute approximate surface area is 175 Å². The van der Waals surface area contributed by atoms with Crippen molar-refractivity contribution >= 4 is 40.6 Å². The molecule has 3 rings (SSSR count). The summed E-state index contributed by atoms with van der Waals surface area (Å²) < 4.78 is 0. The molecule has 8 heteroatoms. The van der Waals surface area contributed by atoms with Crippen LogP contribution in [0.2, 0.25) is 10.0 Å². The third-order valence-electron chi connectivity index (χ3n) is 5.18. The summed E-state index contributed by atoms with van der Waals surface area (Å²) in [6.45, 7) is 5.82. The second-order valence-corrected chi connectivity index (χ2v) is 7.86. The van der Waals surface area contributed by atoms with Gasteiger partial charge >= 0.3 is 0 Å². The monoisotopic (exact) mass is 425 g/mol. The average Bonchev–Trinajstić information content (AvgIpc) is 2.91. The van der Waals surface area contributed by atoms with E-state index in [0.717, 1.165) is 25.9 Å². The van der Waals surface area contributed by atoms with Crippen LogP contribution in [0.15, 0.2) is 23.9 Å². The molecule has 0 aliphatic carbocycles. The molecular weight excluding hydrogens is 401 g/mol. The minimum atomic E-state index is -0.296. The molecule has 2 amide bonds. The van der Waals surface area contributed by atoms with Gasteiger partial charge in [0.1, 0.15) is 5.70 Å². The Morgan fingerprint density at radius 1 is 1.04 bits per heavy atom. The standard InChI is InChI=1S/C20H25Cl2N3O3/c1-2-3-6-25-19(27)17(15-5-4-14(21)13-16(15)22)18(20(25)28)24-9-7-23(8-10-24)11-12-26/h4-5,13,26H,2-3,6-12H2,1H3. The number of imide groups is 1. The highest BCUT2D eigenvalue weighted by molar-refractivity contribution is 6.41. The highest BCUT2D eigenvalue weighted by Crippen LogP contribution is 2.36. The molecule has 1 saturated heterocycles. The molecule has 0 radical (unpaired) electrons. The van der Waals surface area contributed by atoms with E-state index >= 15 is 0 Å². The van der Waals surface area contributed by atoms with Crippen molar-refractivity contribution in [2.45, 2.75) is 19.8 Å². The molecule has 1 N–H and O–H groups in total. The van der Waals surface area contributed by atoms with Gasteiger partial charge < -0.3 is 10.0 Å². The largest absolute Gasteiger partial charge is 0.395 e. The molecular formula is C20H25Cl2N3O3. The second-order valence-electron chi connectivity index (χ2n) is 7.02. The Kier molecular flexibility index (Phi) is 6.99. The number of unbranched alkanes of at least 4 members (excludes halogenated alkanes) is 1. The first kappa shape index (κ1) is 21.1. The fraction of sp³-hybridized carbons (Fsp3) is 0.500. The van der Waals surface area contributed by atoms with Crippen molar-refractivity contribution < 1.29 is 14.7 Å². The van der Waals surface area contributed by atoms with Gasteiger partial charge in [-0.05, 0) is 18.6 Å². The van der Waals surface area contributed by atoms with Crippen LogP contribution in [0.4, 0.5) is 0 Å². The van der Waals surface area contributed by atoms with Crippen molar-refractivity contribution in [1.29, 1.82) is 0 Å². The van der Waals surface area contributed by atoms with Crippen molar-refractivity contribution in [2.75, 3.05) is 45.9 Å². The summed E-state index contributed by atoms with van der Waals surface area (Å²) >= 11 is 12.4. The van der Waals surface area contributed by atoms with Crippen LogP contribution < -0.4 is 0 Å². The van der Waals surface area contributed by atoms with Gasteiger partial charge in [0.15, 0.2) is 0 Å². The van der Waals surface area contributed by atoms with Gasteiger partial charge in [-0.2, -0.15) is 0 Å². The summed E-state index contributed by atoms with van der Waals surface area (Å²) in [6.07, 6.45) is 1.65. The summed E-state index contributed by atoms with van der Waals surface area (Å²) in [5, 5.41) is 9.98. The van der Waals surface area contributed by atoms with E-state index < -0.39 is 0 Å². The lowest BCUT2D eigenvalue weighted by Crippen LogP contribution is -2.48. The molecule has 1 aromatic rings. The lowest BCUT2D eigenvalue weighted by atomic mass is 10.0. The molecule has 6 nitrogen and oxygen atoms in total. The first-order valence-corrected chi connectivity index (χ1v) is 10.4. The predicted octanol–water partition coefficient (Wildman–Crippen LogP) is 2.48. The lowest BCUT2D eigenvalue weighted by Gasteiger charge is -2.36. The van der Waals surface area contributed by atoms with Crippen molar-refractivity contribution in [3.8, 4) is 0 Å². The van der Waals surface area contributed by atoms with Gasteiger partial charge in [0.2, 0.25) is 0 Å². The van der Waals surface area contributed by atoms with Crippen LogP contribution in [0.5, 0.6) is 0 Å². The number of aliphatic hydroxyl groups is 1. The van der Waals surface area contributed by atoms with Crippen molar-refractivity contribution in [2.24, 2.45) is 0 Å². The second kappa shape index (κ2) is 9.27. The normalized spacial score (nSPS) is 18.6. The fourth-order valence-electron chi connectivity index (χ4n) is 3.65. The van der Waals surface area contributed by atoms with Crippen molar-refractivity contribution in [3.63, 3.8) is 0 Å². The molecule has 0 bridgehead atoms. The number of benzene rings is 1. The quantitative estimate of drug-likeness (QED) is 0.679. The maximum atomic E-state index is 13.2.